The number of carboxylic acid groups (broad SMARTS) is 2. The zero-order valence-corrected chi connectivity index (χ0v) is 20.0. The van der Waals surface area contributed by atoms with E-state index in [0.717, 1.165) is 44.9 Å². The molecule has 10 nitrogen and oxygen atoms in total. The van der Waals surface area contributed by atoms with Crippen LogP contribution in [0.3, 0.4) is 0 Å². The van der Waals surface area contributed by atoms with E-state index in [1.165, 1.54) is 0 Å². The average molecular weight is 491 g/mol. The molecule has 0 aromatic rings. The molecule has 0 bridgehead atoms. The first-order chi connectivity index (χ1) is 16.2. The van der Waals surface area contributed by atoms with Gasteiger partial charge in [0.15, 0.2) is 12.4 Å². The predicted octanol–water partition coefficient (Wildman–Crippen LogP) is 1.97. The van der Waals surface area contributed by atoms with Gasteiger partial charge in [-0.05, 0) is 32.1 Å². The summed E-state index contributed by atoms with van der Waals surface area (Å²) in [7, 11) is 0. The van der Waals surface area contributed by atoms with Crippen LogP contribution in [0, 0.1) is 0 Å². The second-order valence-corrected chi connectivity index (χ2v) is 8.88. The fraction of sp³-hybridized carbons (Fsp3) is 0.833. The van der Waals surface area contributed by atoms with E-state index in [0.29, 0.717) is 25.7 Å². The molecule has 0 saturated carbocycles. The Balaban J connectivity index is 2.67. The summed E-state index contributed by atoms with van der Waals surface area (Å²) in [6, 6.07) is 0. The normalized spacial score (nSPS) is 27.0. The Kier molecular flexibility index (Phi) is 15.2. The highest BCUT2D eigenvalue weighted by molar-refractivity contribution is 5.73. The summed E-state index contributed by atoms with van der Waals surface area (Å²) < 4.78 is 10.9. The van der Waals surface area contributed by atoms with Gasteiger partial charge in [-0.2, -0.15) is 0 Å². The molecule has 10 heteroatoms. The molecule has 7 atom stereocenters. The zero-order chi connectivity index (χ0) is 25.5. The van der Waals surface area contributed by atoms with Crippen LogP contribution in [0.15, 0.2) is 12.2 Å². The molecule has 0 aromatic carbocycles. The molecule has 0 aromatic heterocycles. The first-order valence-corrected chi connectivity index (χ1v) is 12.3. The lowest BCUT2D eigenvalue weighted by Gasteiger charge is -2.40. The SMILES string of the molecule is CCCCC/C=C\CC(O[C@@H]1O[C@H](C(=O)O)[C@@H](O)[C@H](O)[C@H]1O)C(O)CCCCCCCC(=O)O. The van der Waals surface area contributed by atoms with Crippen LogP contribution in [0.2, 0.25) is 0 Å². The molecule has 0 radical (unpaired) electrons. The number of aliphatic hydroxyl groups is 4. The molecule has 1 heterocycles. The van der Waals surface area contributed by atoms with Gasteiger partial charge in [0.05, 0.1) is 12.2 Å². The highest BCUT2D eigenvalue weighted by Gasteiger charge is 2.48. The number of carbonyl (C=O) groups is 2. The van der Waals surface area contributed by atoms with Crippen molar-refractivity contribution in [1.82, 2.24) is 0 Å². The van der Waals surface area contributed by atoms with Crippen LogP contribution in [-0.2, 0) is 19.1 Å². The van der Waals surface area contributed by atoms with Crippen molar-refractivity contribution in [3.05, 3.63) is 12.2 Å². The van der Waals surface area contributed by atoms with Gasteiger partial charge in [-0.25, -0.2) is 4.79 Å². The van der Waals surface area contributed by atoms with Crippen molar-refractivity contribution < 1.29 is 49.7 Å². The second-order valence-electron chi connectivity index (χ2n) is 8.88. The van der Waals surface area contributed by atoms with E-state index in [2.05, 4.69) is 6.92 Å². The van der Waals surface area contributed by atoms with Crippen LogP contribution in [0.5, 0.6) is 0 Å². The molecule has 1 aliphatic rings. The Hall–Kier alpha value is -1.56. The van der Waals surface area contributed by atoms with Crippen LogP contribution in [-0.4, -0.2) is 85.5 Å². The third-order valence-corrected chi connectivity index (χ3v) is 5.95. The molecule has 0 amide bonds. The number of hydrogen-bond acceptors (Lipinski definition) is 8. The molecular formula is C24H42O10. The predicted molar refractivity (Wildman–Crippen MR) is 123 cm³/mol. The number of carboxylic acids is 2. The first kappa shape index (κ1) is 30.5. The second kappa shape index (κ2) is 17.0. The summed E-state index contributed by atoms with van der Waals surface area (Å²) in [6.45, 7) is 2.11. The molecular weight excluding hydrogens is 448 g/mol. The van der Waals surface area contributed by atoms with Crippen LogP contribution in [0.4, 0.5) is 0 Å². The number of allylic oxidation sites excluding steroid dienone is 1. The van der Waals surface area contributed by atoms with Gasteiger partial charge >= 0.3 is 11.9 Å². The molecule has 2 unspecified atom stereocenters. The minimum atomic E-state index is -1.81. The van der Waals surface area contributed by atoms with Crippen molar-refractivity contribution in [2.75, 3.05) is 0 Å². The summed E-state index contributed by atoms with van der Waals surface area (Å²) in [5.74, 6) is -2.31. The van der Waals surface area contributed by atoms with Gasteiger partial charge in [-0.1, -0.05) is 57.6 Å². The van der Waals surface area contributed by atoms with Crippen LogP contribution >= 0.6 is 0 Å². The van der Waals surface area contributed by atoms with Crippen molar-refractivity contribution in [2.45, 2.75) is 127 Å². The van der Waals surface area contributed by atoms with Gasteiger partial charge in [0, 0.05) is 6.42 Å². The van der Waals surface area contributed by atoms with Gasteiger partial charge in [0.25, 0.3) is 0 Å². The monoisotopic (exact) mass is 490 g/mol. The van der Waals surface area contributed by atoms with Gasteiger partial charge in [-0.3, -0.25) is 4.79 Å². The molecule has 0 aliphatic carbocycles. The summed E-state index contributed by atoms with van der Waals surface area (Å²) in [4.78, 5) is 21.9. The highest BCUT2D eigenvalue weighted by Crippen LogP contribution is 2.26. The zero-order valence-electron chi connectivity index (χ0n) is 20.0. The summed E-state index contributed by atoms with van der Waals surface area (Å²) in [6.07, 6.45) is 2.27. The maximum Gasteiger partial charge on any atom is 0.335 e. The lowest BCUT2D eigenvalue weighted by atomic mass is 9.98. The van der Waals surface area contributed by atoms with E-state index in [1.807, 2.05) is 12.2 Å². The molecule has 0 spiro atoms. The molecule has 1 fully saturated rings. The number of aliphatic hydroxyl groups excluding tert-OH is 4. The minimum absolute atomic E-state index is 0.144. The fourth-order valence-corrected chi connectivity index (χ4v) is 3.85. The van der Waals surface area contributed by atoms with E-state index >= 15 is 0 Å². The van der Waals surface area contributed by atoms with Gasteiger partial charge in [0.1, 0.15) is 18.3 Å². The Morgan fingerprint density at radius 2 is 1.59 bits per heavy atom. The van der Waals surface area contributed by atoms with Crippen LogP contribution in [0.1, 0.15) is 84.0 Å². The van der Waals surface area contributed by atoms with Gasteiger partial charge < -0.3 is 40.1 Å². The summed E-state index contributed by atoms with van der Waals surface area (Å²) in [5, 5.41) is 58.8. The fourth-order valence-electron chi connectivity index (χ4n) is 3.85. The van der Waals surface area contributed by atoms with Crippen molar-refractivity contribution in [3.63, 3.8) is 0 Å². The molecule has 1 saturated heterocycles. The number of ether oxygens (including phenoxy) is 2. The maximum atomic E-state index is 11.3. The van der Waals surface area contributed by atoms with Crippen molar-refractivity contribution in [1.29, 1.82) is 0 Å². The van der Waals surface area contributed by atoms with E-state index in [9.17, 15) is 35.1 Å². The molecule has 1 aliphatic heterocycles. The number of unbranched alkanes of at least 4 members (excludes halogenated alkanes) is 7. The first-order valence-electron chi connectivity index (χ1n) is 12.3. The third kappa shape index (κ3) is 11.2. The molecule has 34 heavy (non-hydrogen) atoms. The summed E-state index contributed by atoms with van der Waals surface area (Å²) in [5.41, 5.74) is 0. The smallest absolute Gasteiger partial charge is 0.335 e. The van der Waals surface area contributed by atoms with Gasteiger partial charge in [-0.15, -0.1) is 0 Å². The van der Waals surface area contributed by atoms with Crippen molar-refractivity contribution in [3.8, 4) is 0 Å². The Morgan fingerprint density at radius 1 is 0.912 bits per heavy atom. The molecule has 1 rings (SSSR count). The van der Waals surface area contributed by atoms with Gasteiger partial charge in [0.2, 0.25) is 0 Å². The minimum Gasteiger partial charge on any atom is -0.481 e. The maximum absolute atomic E-state index is 11.3. The number of aliphatic carboxylic acids is 2. The van der Waals surface area contributed by atoms with Crippen molar-refractivity contribution in [2.24, 2.45) is 0 Å². The third-order valence-electron chi connectivity index (χ3n) is 5.95. The standard InChI is InChI=1S/C24H42O10/c1-2-3-4-5-8-11-14-17(16(25)13-10-7-6-9-12-15-18(26)27)33-24-21(30)19(28)20(29)22(34-24)23(31)32/h8,11,16-17,19-22,24-25,28-30H,2-7,9-10,12-15H2,1H3,(H,26,27)(H,31,32)/b11-8-/t16?,17?,19-,20-,21+,22-,24+/m0/s1. The van der Waals surface area contributed by atoms with E-state index in [-0.39, 0.29) is 6.42 Å². The highest BCUT2D eigenvalue weighted by atomic mass is 16.7. The Bertz CT molecular complexity index is 611. The van der Waals surface area contributed by atoms with Crippen molar-refractivity contribution >= 4 is 11.9 Å². The number of rotatable bonds is 18. The largest absolute Gasteiger partial charge is 0.481 e. The topological polar surface area (TPSA) is 174 Å². The molecule has 6 N–H and O–H groups in total. The number of hydrogen-bond donors (Lipinski definition) is 6. The van der Waals surface area contributed by atoms with Crippen LogP contribution in [0.25, 0.3) is 0 Å². The van der Waals surface area contributed by atoms with E-state index in [1.54, 1.807) is 0 Å². The lowest BCUT2D eigenvalue weighted by molar-refractivity contribution is -0.310. The van der Waals surface area contributed by atoms with E-state index in [4.69, 9.17) is 14.6 Å². The Labute approximate surface area is 201 Å². The van der Waals surface area contributed by atoms with Crippen LogP contribution < -0.4 is 0 Å². The van der Waals surface area contributed by atoms with E-state index < -0.39 is 54.9 Å². The average Bonchev–Trinajstić information content (AvgIpc) is 2.79. The summed E-state index contributed by atoms with van der Waals surface area (Å²) >= 11 is 0. The lowest BCUT2D eigenvalue weighted by Crippen LogP contribution is -2.61. The quantitative estimate of drug-likeness (QED) is 0.123. The molecule has 198 valence electrons. The Morgan fingerprint density at radius 3 is 2.24 bits per heavy atom.